The van der Waals surface area contributed by atoms with Crippen molar-refractivity contribution in [3.63, 3.8) is 0 Å². The van der Waals surface area contributed by atoms with Gasteiger partial charge in [0.1, 0.15) is 0 Å². The van der Waals surface area contributed by atoms with E-state index in [1.807, 2.05) is 0 Å². The Morgan fingerprint density at radius 3 is 3.00 bits per heavy atom. The Hall–Kier alpha value is -0.810. The molecule has 0 N–H and O–H groups in total. The summed E-state index contributed by atoms with van der Waals surface area (Å²) in [5.41, 5.74) is 0.747. The van der Waals surface area contributed by atoms with Gasteiger partial charge in [-0.2, -0.15) is 5.26 Å². The molecule has 1 fully saturated rings. The van der Waals surface area contributed by atoms with Crippen LogP contribution in [0.1, 0.15) is 12.8 Å². The average molecular weight is 150 g/mol. The number of nitrogens with zero attached hydrogens (tertiary/aromatic N) is 2. The van der Waals surface area contributed by atoms with Crippen molar-refractivity contribution in [1.29, 1.82) is 5.26 Å². The molecule has 1 rings (SSSR count). The first-order valence-corrected chi connectivity index (χ1v) is 4.01. The van der Waals surface area contributed by atoms with Gasteiger partial charge in [0.2, 0.25) is 0 Å². The molecule has 1 saturated heterocycles. The van der Waals surface area contributed by atoms with Crippen LogP contribution in [0.3, 0.4) is 0 Å². The van der Waals surface area contributed by atoms with Crippen LogP contribution in [0.4, 0.5) is 0 Å². The van der Waals surface area contributed by atoms with E-state index in [2.05, 4.69) is 24.6 Å². The molecule has 1 unspecified atom stereocenters. The molecular formula is C9H14N2. The molecule has 0 amide bonds. The lowest BCUT2D eigenvalue weighted by molar-refractivity contribution is 0.233. The number of hydrogen-bond acceptors (Lipinski definition) is 2. The highest BCUT2D eigenvalue weighted by Crippen LogP contribution is 2.20. The summed E-state index contributed by atoms with van der Waals surface area (Å²) < 4.78 is 0. The number of rotatable bonds is 1. The fourth-order valence-electron chi connectivity index (χ4n) is 1.54. The standard InChI is InChI=1S/C9H14N2/c1-8(6-10)9-4-3-5-11(2)7-9/h9H,1,3-5,7H2,2H3. The normalized spacial score (nSPS) is 26.0. The van der Waals surface area contributed by atoms with Gasteiger partial charge in [-0.25, -0.2) is 0 Å². The summed E-state index contributed by atoms with van der Waals surface area (Å²) in [6.45, 7) is 5.91. The molecule has 1 heterocycles. The van der Waals surface area contributed by atoms with E-state index in [0.29, 0.717) is 5.92 Å². The predicted molar refractivity (Wildman–Crippen MR) is 45.0 cm³/mol. The molecule has 1 atom stereocenters. The molecular weight excluding hydrogens is 136 g/mol. The third kappa shape index (κ3) is 2.06. The smallest absolute Gasteiger partial charge is 0.0944 e. The Morgan fingerprint density at radius 1 is 1.73 bits per heavy atom. The van der Waals surface area contributed by atoms with Crippen molar-refractivity contribution in [3.05, 3.63) is 12.2 Å². The third-order valence-electron chi connectivity index (χ3n) is 2.26. The van der Waals surface area contributed by atoms with Crippen LogP contribution in [-0.4, -0.2) is 25.0 Å². The van der Waals surface area contributed by atoms with E-state index in [0.717, 1.165) is 25.1 Å². The van der Waals surface area contributed by atoms with E-state index in [9.17, 15) is 0 Å². The van der Waals surface area contributed by atoms with Gasteiger partial charge in [-0.3, -0.25) is 0 Å². The molecule has 2 heteroatoms. The van der Waals surface area contributed by atoms with Crippen molar-refractivity contribution >= 4 is 0 Å². The molecule has 0 spiro atoms. The Kier molecular flexibility index (Phi) is 2.67. The summed E-state index contributed by atoms with van der Waals surface area (Å²) in [4.78, 5) is 2.26. The zero-order valence-corrected chi connectivity index (χ0v) is 7.01. The molecule has 0 radical (unpaired) electrons. The van der Waals surface area contributed by atoms with Crippen molar-refractivity contribution in [2.24, 2.45) is 5.92 Å². The first-order valence-electron chi connectivity index (χ1n) is 4.01. The molecule has 0 aliphatic carbocycles. The monoisotopic (exact) mass is 150 g/mol. The van der Waals surface area contributed by atoms with Crippen LogP contribution >= 0.6 is 0 Å². The van der Waals surface area contributed by atoms with Crippen LogP contribution < -0.4 is 0 Å². The van der Waals surface area contributed by atoms with Gasteiger partial charge >= 0.3 is 0 Å². The van der Waals surface area contributed by atoms with Gasteiger partial charge in [0.05, 0.1) is 6.07 Å². The Bertz CT molecular complexity index is 190. The van der Waals surface area contributed by atoms with Gasteiger partial charge < -0.3 is 4.90 Å². The van der Waals surface area contributed by atoms with E-state index in [4.69, 9.17) is 5.26 Å². The van der Waals surface area contributed by atoms with Crippen molar-refractivity contribution in [1.82, 2.24) is 4.90 Å². The number of nitriles is 1. The molecule has 0 aromatic carbocycles. The topological polar surface area (TPSA) is 27.0 Å². The van der Waals surface area contributed by atoms with Crippen LogP contribution in [0.5, 0.6) is 0 Å². The third-order valence-corrected chi connectivity index (χ3v) is 2.26. The molecule has 1 aliphatic heterocycles. The van der Waals surface area contributed by atoms with Crippen LogP contribution in [-0.2, 0) is 0 Å². The SMILES string of the molecule is C=C(C#N)C1CCCN(C)C1. The van der Waals surface area contributed by atoms with Gasteiger partial charge in [0.25, 0.3) is 0 Å². The van der Waals surface area contributed by atoms with E-state index in [-0.39, 0.29) is 0 Å². The lowest BCUT2D eigenvalue weighted by Crippen LogP contribution is -2.32. The molecule has 0 bridgehead atoms. The van der Waals surface area contributed by atoms with Crippen LogP contribution in [0.2, 0.25) is 0 Å². The van der Waals surface area contributed by atoms with Crippen molar-refractivity contribution in [3.8, 4) is 6.07 Å². The maximum atomic E-state index is 8.61. The predicted octanol–water partition coefficient (Wildman–Crippen LogP) is 1.41. The minimum absolute atomic E-state index is 0.416. The van der Waals surface area contributed by atoms with E-state index < -0.39 is 0 Å². The second-order valence-electron chi connectivity index (χ2n) is 3.24. The molecule has 1 aliphatic rings. The van der Waals surface area contributed by atoms with Crippen molar-refractivity contribution in [2.45, 2.75) is 12.8 Å². The zero-order chi connectivity index (χ0) is 8.27. The van der Waals surface area contributed by atoms with Gasteiger partial charge in [-0.1, -0.05) is 6.58 Å². The van der Waals surface area contributed by atoms with Crippen LogP contribution in [0.25, 0.3) is 0 Å². The number of hydrogen-bond donors (Lipinski definition) is 0. The largest absolute Gasteiger partial charge is 0.306 e. The first-order chi connectivity index (χ1) is 5.24. The van der Waals surface area contributed by atoms with E-state index >= 15 is 0 Å². The Morgan fingerprint density at radius 2 is 2.45 bits per heavy atom. The minimum atomic E-state index is 0.416. The molecule has 60 valence electrons. The summed E-state index contributed by atoms with van der Waals surface area (Å²) in [5, 5.41) is 8.61. The fraction of sp³-hybridized carbons (Fsp3) is 0.667. The average Bonchev–Trinajstić information content (AvgIpc) is 2.03. The molecule has 11 heavy (non-hydrogen) atoms. The maximum absolute atomic E-state index is 8.61. The number of likely N-dealkylation sites (tertiary alicyclic amines) is 1. The van der Waals surface area contributed by atoms with E-state index in [1.54, 1.807) is 0 Å². The highest BCUT2D eigenvalue weighted by molar-refractivity contribution is 5.20. The summed E-state index contributed by atoms with van der Waals surface area (Å²) in [7, 11) is 2.09. The fourth-order valence-corrected chi connectivity index (χ4v) is 1.54. The van der Waals surface area contributed by atoms with E-state index in [1.165, 1.54) is 6.42 Å². The summed E-state index contributed by atoms with van der Waals surface area (Å²) in [5.74, 6) is 0.416. The lowest BCUT2D eigenvalue weighted by atomic mass is 9.92. The second-order valence-corrected chi connectivity index (χ2v) is 3.24. The molecule has 0 saturated carbocycles. The lowest BCUT2D eigenvalue weighted by Gasteiger charge is -2.28. The van der Waals surface area contributed by atoms with Gasteiger partial charge in [-0.15, -0.1) is 0 Å². The van der Waals surface area contributed by atoms with Gasteiger partial charge in [0.15, 0.2) is 0 Å². The first kappa shape index (κ1) is 8.29. The molecule has 0 aromatic heterocycles. The molecule has 2 nitrogen and oxygen atoms in total. The number of piperidine rings is 1. The minimum Gasteiger partial charge on any atom is -0.306 e. The maximum Gasteiger partial charge on any atom is 0.0944 e. The highest BCUT2D eigenvalue weighted by Gasteiger charge is 2.18. The van der Waals surface area contributed by atoms with Gasteiger partial charge in [-0.05, 0) is 26.4 Å². The van der Waals surface area contributed by atoms with Crippen molar-refractivity contribution < 1.29 is 0 Å². The second kappa shape index (κ2) is 3.54. The zero-order valence-electron chi connectivity index (χ0n) is 7.01. The van der Waals surface area contributed by atoms with Crippen LogP contribution in [0, 0.1) is 17.2 Å². The quantitative estimate of drug-likeness (QED) is 0.528. The van der Waals surface area contributed by atoms with Gasteiger partial charge in [0, 0.05) is 18.0 Å². The summed E-state index contributed by atoms with van der Waals surface area (Å²) in [6.07, 6.45) is 2.33. The highest BCUT2D eigenvalue weighted by atomic mass is 15.1. The summed E-state index contributed by atoms with van der Waals surface area (Å²) >= 11 is 0. The molecule has 0 aromatic rings. The summed E-state index contributed by atoms with van der Waals surface area (Å²) in [6, 6.07) is 2.13. The van der Waals surface area contributed by atoms with Crippen LogP contribution in [0.15, 0.2) is 12.2 Å². The Balaban J connectivity index is 2.47. The Labute approximate surface area is 68.1 Å². The van der Waals surface area contributed by atoms with Crippen molar-refractivity contribution in [2.75, 3.05) is 20.1 Å².